The first-order valence-electron chi connectivity index (χ1n) is 10.1. The lowest BCUT2D eigenvalue weighted by atomic mass is 9.92. The van der Waals surface area contributed by atoms with Crippen molar-refractivity contribution in [3.63, 3.8) is 0 Å². The van der Waals surface area contributed by atoms with Gasteiger partial charge in [0.25, 0.3) is 0 Å². The van der Waals surface area contributed by atoms with Crippen molar-refractivity contribution in [1.29, 1.82) is 0 Å². The van der Waals surface area contributed by atoms with Crippen LogP contribution in [0.5, 0.6) is 0 Å². The van der Waals surface area contributed by atoms with Crippen molar-refractivity contribution < 1.29 is 36.8 Å². The third-order valence-electron chi connectivity index (χ3n) is 5.40. The zero-order valence-corrected chi connectivity index (χ0v) is 18.3. The largest absolute Gasteiger partial charge is 0.855 e. The fraction of sp³-hybridized carbons (Fsp3) is 0.318. The van der Waals surface area contributed by atoms with Crippen molar-refractivity contribution in [2.45, 2.75) is 25.2 Å². The summed E-state index contributed by atoms with van der Waals surface area (Å²) in [5.74, 6) is -2.65. The first kappa shape index (κ1) is 25.2. The molecule has 12 heteroatoms. The van der Waals surface area contributed by atoms with Gasteiger partial charge in [-0.1, -0.05) is 17.2 Å². The van der Waals surface area contributed by atoms with Crippen LogP contribution in [0.3, 0.4) is 0 Å². The summed E-state index contributed by atoms with van der Waals surface area (Å²) in [6.07, 6.45) is -2.04. The molecule has 1 aromatic heterocycles. The second-order valence-electron chi connectivity index (χ2n) is 8.04. The molecule has 0 saturated carbocycles. The highest BCUT2D eigenvalue weighted by Gasteiger charge is 2.42. The molecule has 7 nitrogen and oxygen atoms in total. The van der Waals surface area contributed by atoms with Gasteiger partial charge in [0.2, 0.25) is 0 Å². The number of halogens is 5. The highest BCUT2D eigenvalue weighted by atomic mass is 19.4. The van der Waals surface area contributed by atoms with Gasteiger partial charge in [-0.3, -0.25) is 0 Å². The Morgan fingerprint density at radius 3 is 2.35 bits per heavy atom. The van der Waals surface area contributed by atoms with Gasteiger partial charge in [-0.05, 0) is 36.8 Å². The van der Waals surface area contributed by atoms with E-state index in [1.165, 1.54) is 24.4 Å². The second kappa shape index (κ2) is 9.47. The smallest absolute Gasteiger partial charge is 0.416 e. The molecule has 0 unspecified atom stereocenters. The second-order valence-corrected chi connectivity index (χ2v) is 8.04. The minimum absolute atomic E-state index is 0.0846. The summed E-state index contributed by atoms with van der Waals surface area (Å²) >= 11 is 0. The molecule has 0 bridgehead atoms. The normalized spacial score (nSPS) is 16.2. The number of aliphatic hydroxyl groups is 1. The molecule has 3 rings (SSSR count). The maximum Gasteiger partial charge on any atom is 0.416 e. The van der Waals surface area contributed by atoms with E-state index in [4.69, 9.17) is 0 Å². The van der Waals surface area contributed by atoms with Crippen LogP contribution in [0.2, 0.25) is 0 Å². The summed E-state index contributed by atoms with van der Waals surface area (Å²) in [6, 6.07) is 6.28. The number of aromatic nitrogens is 3. The van der Waals surface area contributed by atoms with E-state index in [0.29, 0.717) is 6.07 Å². The van der Waals surface area contributed by atoms with E-state index in [9.17, 15) is 32.2 Å². The Hall–Kier alpha value is -3.38. The fourth-order valence-corrected chi connectivity index (χ4v) is 3.53. The summed E-state index contributed by atoms with van der Waals surface area (Å²) in [5, 5.41) is 32.3. The molecular weight excluding hydrogens is 461 g/mol. The SMILES string of the molecule is CC[N@+](C)(C[C@@](O)(Cn1cncn1)c1ccc(F)cc1F)/N=C(\[O-])c1ccc(C(F)(F)F)cc1. The number of benzene rings is 2. The molecule has 0 spiro atoms. The first-order chi connectivity index (χ1) is 15.8. The molecule has 0 fully saturated rings. The summed E-state index contributed by atoms with van der Waals surface area (Å²) in [6.45, 7) is 1.21. The Bertz CT molecular complexity index is 1150. The lowest BCUT2D eigenvalue weighted by Crippen LogP contribution is -2.52. The van der Waals surface area contributed by atoms with Crippen molar-refractivity contribution >= 4 is 5.90 Å². The molecule has 2 aromatic carbocycles. The topological polar surface area (TPSA) is 86.4 Å². The van der Waals surface area contributed by atoms with Crippen LogP contribution in [0, 0.1) is 11.6 Å². The van der Waals surface area contributed by atoms with Crippen LogP contribution in [0.25, 0.3) is 0 Å². The number of hydrogen-bond donors (Lipinski definition) is 1. The van der Waals surface area contributed by atoms with Gasteiger partial charge in [-0.2, -0.15) is 22.9 Å². The summed E-state index contributed by atoms with van der Waals surface area (Å²) < 4.78 is 67.4. The number of likely N-dealkylation sites (N-methyl/N-ethyl adjacent to an activating group) is 1. The predicted molar refractivity (Wildman–Crippen MR) is 110 cm³/mol. The van der Waals surface area contributed by atoms with Gasteiger partial charge in [-0.15, -0.1) is 0 Å². The summed E-state index contributed by atoms with van der Waals surface area (Å²) in [4.78, 5) is 3.79. The van der Waals surface area contributed by atoms with Gasteiger partial charge in [0.05, 0.1) is 25.1 Å². The highest BCUT2D eigenvalue weighted by molar-refractivity contribution is 5.90. The Balaban J connectivity index is 1.98. The molecular formula is C22H22F5N5O2. The summed E-state index contributed by atoms with van der Waals surface area (Å²) in [7, 11) is 1.50. The number of alkyl halides is 3. The third kappa shape index (κ3) is 5.75. The number of hydrogen-bond acceptors (Lipinski definition) is 5. The number of nitrogens with zero attached hydrogens (tertiary/aromatic N) is 5. The van der Waals surface area contributed by atoms with Gasteiger partial charge in [0.1, 0.15) is 37.4 Å². The van der Waals surface area contributed by atoms with Crippen molar-refractivity contribution in [2.75, 3.05) is 20.1 Å². The maximum absolute atomic E-state index is 14.7. The Labute approximate surface area is 192 Å². The lowest BCUT2D eigenvalue weighted by Gasteiger charge is -2.37. The van der Waals surface area contributed by atoms with Gasteiger partial charge in [0.15, 0.2) is 5.60 Å². The van der Waals surface area contributed by atoms with Crippen LogP contribution in [0.4, 0.5) is 22.0 Å². The molecule has 0 amide bonds. The van der Waals surface area contributed by atoms with Crippen LogP contribution >= 0.6 is 0 Å². The zero-order chi connectivity index (χ0) is 25.1. The zero-order valence-electron chi connectivity index (χ0n) is 18.3. The van der Waals surface area contributed by atoms with E-state index >= 15 is 0 Å². The minimum atomic E-state index is -4.55. The molecule has 0 aliphatic heterocycles. The quantitative estimate of drug-likeness (QED) is 0.176. The van der Waals surface area contributed by atoms with E-state index in [1.807, 2.05) is 0 Å². The van der Waals surface area contributed by atoms with E-state index in [-0.39, 0.29) is 30.8 Å². The number of rotatable bonds is 8. The van der Waals surface area contributed by atoms with Gasteiger partial charge in [-0.25, -0.2) is 18.4 Å². The monoisotopic (exact) mass is 483 g/mol. The highest BCUT2D eigenvalue weighted by Crippen LogP contribution is 2.31. The number of quaternary nitrogens is 1. The molecule has 1 heterocycles. The molecule has 182 valence electrons. The molecule has 0 saturated heterocycles. The molecule has 0 radical (unpaired) electrons. The Morgan fingerprint density at radius 1 is 1.15 bits per heavy atom. The van der Waals surface area contributed by atoms with Crippen LogP contribution in [0.15, 0.2) is 60.2 Å². The van der Waals surface area contributed by atoms with Crippen LogP contribution < -0.4 is 5.11 Å². The van der Waals surface area contributed by atoms with Crippen molar-refractivity contribution in [3.05, 3.63) is 83.4 Å². The summed E-state index contributed by atoms with van der Waals surface area (Å²) in [5.41, 5.74) is -3.23. The molecule has 2 atom stereocenters. The Morgan fingerprint density at radius 2 is 1.82 bits per heavy atom. The molecule has 3 aromatic rings. The molecule has 0 aliphatic rings. The standard InChI is InChI=1S/C22H22F5N5O2/c1-3-32(2,30-20(33)15-4-6-16(7-5-15)22(25,26)27)12-21(34,11-31-14-28-13-29-31)18-9-8-17(23)10-19(18)24/h4-10,13-14,34H,3,11-12H2,1-2H3/t21-,32+/m0/s1. The van der Waals surface area contributed by atoms with Crippen molar-refractivity contribution in [3.8, 4) is 0 Å². The van der Waals surface area contributed by atoms with E-state index in [1.54, 1.807) is 6.92 Å². The maximum atomic E-state index is 14.7. The fourth-order valence-electron chi connectivity index (χ4n) is 3.53. The van der Waals surface area contributed by atoms with Crippen LogP contribution in [0.1, 0.15) is 23.6 Å². The van der Waals surface area contributed by atoms with E-state index in [2.05, 4.69) is 15.2 Å². The lowest BCUT2D eigenvalue weighted by molar-refractivity contribution is -0.922. The third-order valence-corrected chi connectivity index (χ3v) is 5.40. The van der Waals surface area contributed by atoms with Crippen molar-refractivity contribution in [1.82, 2.24) is 14.8 Å². The predicted octanol–water partition coefficient (Wildman–Crippen LogP) is 2.65. The van der Waals surface area contributed by atoms with E-state index in [0.717, 1.165) is 36.4 Å². The van der Waals surface area contributed by atoms with Crippen LogP contribution in [-0.4, -0.2) is 50.5 Å². The Kier molecular flexibility index (Phi) is 7.03. The minimum Gasteiger partial charge on any atom is -0.855 e. The van der Waals surface area contributed by atoms with Crippen molar-refractivity contribution in [2.24, 2.45) is 5.10 Å². The molecule has 34 heavy (non-hydrogen) atoms. The van der Waals surface area contributed by atoms with Gasteiger partial charge >= 0.3 is 6.18 Å². The van der Waals surface area contributed by atoms with Crippen LogP contribution in [-0.2, 0) is 18.3 Å². The van der Waals surface area contributed by atoms with E-state index < -0.39 is 39.5 Å². The molecule has 1 N–H and O–H groups in total. The average molecular weight is 483 g/mol. The van der Waals surface area contributed by atoms with Gasteiger partial charge < -0.3 is 10.2 Å². The average Bonchev–Trinajstić information content (AvgIpc) is 3.25. The molecule has 0 aliphatic carbocycles. The van der Waals surface area contributed by atoms with Gasteiger partial charge in [0, 0.05) is 11.6 Å². The first-order valence-corrected chi connectivity index (χ1v) is 10.1.